The van der Waals surface area contributed by atoms with Crippen LogP contribution in [0.1, 0.15) is 98.4 Å². The molecule has 12 heteroatoms. The highest BCUT2D eigenvalue weighted by atomic mass is 16.6. The van der Waals surface area contributed by atoms with Crippen LogP contribution >= 0.6 is 0 Å². The number of aliphatic imine (C=N–C) groups is 1. The van der Waals surface area contributed by atoms with E-state index in [1.165, 1.54) is 18.1 Å². The predicted octanol–water partition coefficient (Wildman–Crippen LogP) is 5.66. The summed E-state index contributed by atoms with van der Waals surface area (Å²) in [5.74, 6) is -1.51. The van der Waals surface area contributed by atoms with Crippen LogP contribution in [0.25, 0.3) is 0 Å². The van der Waals surface area contributed by atoms with Gasteiger partial charge in [-0.2, -0.15) is 0 Å². The number of carbonyl (C=O) groups is 3. The van der Waals surface area contributed by atoms with E-state index in [2.05, 4.69) is 25.8 Å². The van der Waals surface area contributed by atoms with Gasteiger partial charge in [-0.1, -0.05) is 39.3 Å². The Morgan fingerprint density at radius 2 is 1.85 bits per heavy atom. The molecule has 0 aliphatic carbocycles. The molecule has 1 aromatic heterocycles. The molecular weight excluding hydrogens is 680 g/mol. The van der Waals surface area contributed by atoms with Gasteiger partial charge in [-0.3, -0.25) is 14.4 Å². The van der Waals surface area contributed by atoms with Crippen LogP contribution < -0.4 is 0 Å². The number of esters is 3. The Balaban J connectivity index is 1.48. The maximum absolute atomic E-state index is 13.8. The molecule has 7 unspecified atom stereocenters. The number of methoxy groups -OCH3 is 1. The molecular formula is C41H60N2O10. The average Bonchev–Trinajstić information content (AvgIpc) is 3.89. The molecule has 4 aliphatic rings. The van der Waals surface area contributed by atoms with Gasteiger partial charge in [-0.25, -0.2) is 4.99 Å². The zero-order valence-electron chi connectivity index (χ0n) is 32.8. The van der Waals surface area contributed by atoms with Gasteiger partial charge in [0.1, 0.15) is 17.7 Å². The number of ether oxygens (including phenoxy) is 6. The summed E-state index contributed by atoms with van der Waals surface area (Å²) in [6.45, 7) is 14.6. The summed E-state index contributed by atoms with van der Waals surface area (Å²) in [7, 11) is 1.72. The number of aromatic nitrogens is 1. The lowest BCUT2D eigenvalue weighted by Gasteiger charge is -2.28. The Labute approximate surface area is 314 Å². The Morgan fingerprint density at radius 1 is 1.09 bits per heavy atom. The maximum atomic E-state index is 13.8. The third kappa shape index (κ3) is 9.61. The number of rotatable bonds is 11. The van der Waals surface area contributed by atoms with Crippen molar-refractivity contribution in [2.75, 3.05) is 33.5 Å². The fourth-order valence-corrected chi connectivity index (χ4v) is 7.96. The number of nitrogens with zero attached hydrogens (tertiary/aromatic N) is 1. The third-order valence-corrected chi connectivity index (χ3v) is 11.1. The number of hydrogen-bond acceptors (Lipinski definition) is 11. The zero-order valence-corrected chi connectivity index (χ0v) is 32.8. The summed E-state index contributed by atoms with van der Waals surface area (Å²) >= 11 is 0. The minimum absolute atomic E-state index is 0.0410. The SMILES string of the molecule is COCCC/C(C)=C1\COC(CC(C)C)C1CC1N=C2OC1COC(=O)[C@@H](CC(C)C)CC(=O)OC1C(OC(=O)C1(C)CO)/C(C)=C\Cc1ccc2[nH]1. The van der Waals surface area contributed by atoms with Gasteiger partial charge in [-0.05, 0) is 88.0 Å². The van der Waals surface area contributed by atoms with Gasteiger partial charge in [0.2, 0.25) is 5.90 Å². The molecule has 4 aliphatic heterocycles. The van der Waals surface area contributed by atoms with Crippen molar-refractivity contribution in [1.29, 1.82) is 0 Å². The van der Waals surface area contributed by atoms with E-state index in [1.54, 1.807) is 7.11 Å². The number of cyclic esters (lactones) is 1. The number of carbonyl (C=O) groups excluding carboxylic acids is 3. The number of aromatic amines is 1. The number of fused-ring (bicyclic) bond motifs is 6. The molecule has 5 rings (SSSR count). The summed E-state index contributed by atoms with van der Waals surface area (Å²) in [4.78, 5) is 48.8. The summed E-state index contributed by atoms with van der Waals surface area (Å²) in [5.41, 5.74) is 3.43. The fraction of sp³-hybridized carbons (Fsp3) is 0.707. The van der Waals surface area contributed by atoms with Crippen molar-refractivity contribution in [1.82, 2.24) is 4.98 Å². The first-order valence-electron chi connectivity index (χ1n) is 19.3. The highest BCUT2D eigenvalue weighted by Crippen LogP contribution is 2.41. The topological polar surface area (TPSA) is 155 Å². The van der Waals surface area contributed by atoms with Gasteiger partial charge in [0.25, 0.3) is 0 Å². The molecule has 4 bridgehead atoms. The minimum atomic E-state index is -1.45. The van der Waals surface area contributed by atoms with E-state index in [0.717, 1.165) is 25.0 Å². The van der Waals surface area contributed by atoms with Crippen molar-refractivity contribution in [3.8, 4) is 0 Å². The highest BCUT2D eigenvalue weighted by Gasteiger charge is 2.57. The molecule has 1 aromatic rings. The molecule has 294 valence electrons. The molecule has 0 amide bonds. The van der Waals surface area contributed by atoms with Gasteiger partial charge in [0.15, 0.2) is 18.3 Å². The van der Waals surface area contributed by atoms with Crippen molar-refractivity contribution in [3.63, 3.8) is 0 Å². The molecule has 0 radical (unpaired) electrons. The second kappa shape index (κ2) is 17.8. The molecule has 8 atom stereocenters. The normalized spacial score (nSPS) is 33.0. The Morgan fingerprint density at radius 3 is 2.55 bits per heavy atom. The van der Waals surface area contributed by atoms with Crippen LogP contribution in [0.5, 0.6) is 0 Å². The largest absolute Gasteiger partial charge is 0.467 e. The van der Waals surface area contributed by atoms with Crippen molar-refractivity contribution in [3.05, 3.63) is 46.3 Å². The van der Waals surface area contributed by atoms with Gasteiger partial charge >= 0.3 is 17.9 Å². The van der Waals surface area contributed by atoms with Crippen LogP contribution in [0.2, 0.25) is 0 Å². The number of hydrogen-bond donors (Lipinski definition) is 2. The Kier molecular flexibility index (Phi) is 13.6. The number of aliphatic hydroxyl groups excluding tert-OH is 1. The van der Waals surface area contributed by atoms with E-state index in [1.807, 2.05) is 39.0 Å². The highest BCUT2D eigenvalue weighted by molar-refractivity contribution is 5.94. The van der Waals surface area contributed by atoms with Crippen LogP contribution in [0.4, 0.5) is 0 Å². The Bertz CT molecular complexity index is 1560. The van der Waals surface area contributed by atoms with Crippen LogP contribution in [-0.4, -0.2) is 97.9 Å². The molecule has 5 heterocycles. The zero-order chi connectivity index (χ0) is 38.4. The van der Waals surface area contributed by atoms with Gasteiger partial charge in [-0.15, -0.1) is 0 Å². The van der Waals surface area contributed by atoms with Gasteiger partial charge in [0, 0.05) is 31.7 Å². The standard InChI is InChI=1S/C41H60N2O10/c1-23(2)16-27-18-35(45)52-37-36(53-40(47)41(37,7)22-44)26(6)11-12-28-13-14-31(42-28)38-43-32(34(51-38)21-50-39(27)46)19-29-30(25(5)10-9-15-48-8)20-49-33(29)17-24(3)4/h11,13-14,23-24,27,29,32-34,36-37,42,44H,9-10,12,15-22H2,1-8H3/b26-11-,30-25+/t27-,29?,32?,33?,34?,36?,37?,41?/m0/s1. The number of aliphatic hydroxyl groups is 1. The van der Waals surface area contributed by atoms with E-state index in [0.29, 0.717) is 55.6 Å². The fourth-order valence-electron chi connectivity index (χ4n) is 7.96. The lowest BCUT2D eigenvalue weighted by molar-refractivity contribution is -0.164. The third-order valence-electron chi connectivity index (χ3n) is 11.1. The van der Waals surface area contributed by atoms with E-state index < -0.39 is 54.2 Å². The van der Waals surface area contributed by atoms with E-state index in [-0.39, 0.29) is 37.0 Å². The molecule has 0 aromatic carbocycles. The monoisotopic (exact) mass is 740 g/mol. The lowest BCUT2D eigenvalue weighted by Crippen LogP contribution is -2.43. The van der Waals surface area contributed by atoms with Crippen molar-refractivity contribution >= 4 is 23.8 Å². The number of allylic oxidation sites excluding steroid dienone is 2. The van der Waals surface area contributed by atoms with Crippen molar-refractivity contribution in [2.24, 2.45) is 34.1 Å². The second-order valence-corrected chi connectivity index (χ2v) is 16.4. The summed E-state index contributed by atoms with van der Waals surface area (Å²) in [6, 6.07) is 3.56. The summed E-state index contributed by atoms with van der Waals surface area (Å²) in [5, 5.41) is 10.3. The summed E-state index contributed by atoms with van der Waals surface area (Å²) < 4.78 is 35.9. The molecule has 0 saturated carbocycles. The molecule has 12 nitrogen and oxygen atoms in total. The number of H-pyrrole nitrogens is 1. The summed E-state index contributed by atoms with van der Waals surface area (Å²) in [6.07, 6.45) is 3.52. The smallest absolute Gasteiger partial charge is 0.318 e. The van der Waals surface area contributed by atoms with E-state index in [9.17, 15) is 19.5 Å². The minimum Gasteiger partial charge on any atom is -0.467 e. The lowest BCUT2D eigenvalue weighted by atomic mass is 9.82. The van der Waals surface area contributed by atoms with Crippen LogP contribution in [0, 0.1) is 29.1 Å². The molecule has 2 N–H and O–H groups in total. The van der Waals surface area contributed by atoms with Crippen molar-refractivity contribution in [2.45, 2.75) is 124 Å². The first kappa shape index (κ1) is 40.7. The van der Waals surface area contributed by atoms with Crippen LogP contribution in [0.3, 0.4) is 0 Å². The van der Waals surface area contributed by atoms with E-state index in [4.69, 9.17) is 33.4 Å². The van der Waals surface area contributed by atoms with Crippen LogP contribution in [0.15, 0.2) is 39.9 Å². The van der Waals surface area contributed by atoms with Gasteiger partial charge in [0.05, 0.1) is 37.7 Å². The average molecular weight is 741 g/mol. The van der Waals surface area contributed by atoms with E-state index >= 15 is 0 Å². The maximum Gasteiger partial charge on any atom is 0.318 e. The molecule has 2 saturated heterocycles. The molecule has 2 fully saturated rings. The molecule has 0 spiro atoms. The second-order valence-electron chi connectivity index (χ2n) is 16.4. The Hall–Kier alpha value is -3.48. The molecule has 53 heavy (non-hydrogen) atoms. The van der Waals surface area contributed by atoms with Crippen molar-refractivity contribution < 1.29 is 47.9 Å². The van der Waals surface area contributed by atoms with Gasteiger partial charge < -0.3 is 38.5 Å². The number of nitrogens with one attached hydrogen (secondary N) is 1. The van der Waals surface area contributed by atoms with Crippen LogP contribution in [-0.2, 0) is 49.2 Å². The predicted molar refractivity (Wildman–Crippen MR) is 198 cm³/mol. The quantitative estimate of drug-likeness (QED) is 0.126. The first-order chi connectivity index (χ1) is 25.2. The first-order valence-corrected chi connectivity index (χ1v) is 19.3.